The predicted molar refractivity (Wildman–Crippen MR) is 82.6 cm³/mol. The van der Waals surface area contributed by atoms with Crippen LogP contribution in [0.2, 0.25) is 5.02 Å². The molecule has 0 aliphatic heterocycles. The molecule has 0 fully saturated rings. The van der Waals surface area contributed by atoms with Gasteiger partial charge in [0.05, 0.1) is 0 Å². The fourth-order valence-corrected chi connectivity index (χ4v) is 2.25. The first-order valence-electron chi connectivity index (χ1n) is 6.78. The molecule has 0 aromatic heterocycles. The quantitative estimate of drug-likeness (QED) is 0.757. The molecular formula is C17H20ClN. The SMILES string of the molecule is C[C@@H](NCCCc1ccccc1)c1ccc(Cl)cc1. The normalized spacial score (nSPS) is 12.3. The molecule has 0 bridgehead atoms. The van der Waals surface area contributed by atoms with E-state index in [9.17, 15) is 0 Å². The zero-order chi connectivity index (χ0) is 13.5. The van der Waals surface area contributed by atoms with E-state index in [1.165, 1.54) is 11.1 Å². The second-order valence-corrected chi connectivity index (χ2v) is 5.25. The molecular weight excluding hydrogens is 254 g/mol. The van der Waals surface area contributed by atoms with Gasteiger partial charge in [0.1, 0.15) is 0 Å². The second-order valence-electron chi connectivity index (χ2n) is 4.82. The first kappa shape index (κ1) is 14.1. The molecule has 0 radical (unpaired) electrons. The van der Waals surface area contributed by atoms with Gasteiger partial charge in [0, 0.05) is 11.1 Å². The molecule has 0 spiro atoms. The average Bonchev–Trinajstić information content (AvgIpc) is 2.45. The minimum Gasteiger partial charge on any atom is -0.310 e. The van der Waals surface area contributed by atoms with Crippen molar-refractivity contribution < 1.29 is 0 Å². The fourth-order valence-electron chi connectivity index (χ4n) is 2.13. The van der Waals surface area contributed by atoms with Crippen LogP contribution < -0.4 is 5.32 Å². The van der Waals surface area contributed by atoms with Crippen LogP contribution in [0.15, 0.2) is 54.6 Å². The first-order valence-corrected chi connectivity index (χ1v) is 7.16. The zero-order valence-electron chi connectivity index (χ0n) is 11.3. The van der Waals surface area contributed by atoms with Crippen LogP contribution in [0.5, 0.6) is 0 Å². The van der Waals surface area contributed by atoms with Crippen molar-refractivity contribution in [2.24, 2.45) is 0 Å². The van der Waals surface area contributed by atoms with Gasteiger partial charge in [0.25, 0.3) is 0 Å². The lowest BCUT2D eigenvalue weighted by molar-refractivity contribution is 0.558. The van der Waals surface area contributed by atoms with E-state index in [1.54, 1.807) is 0 Å². The van der Waals surface area contributed by atoms with Crippen molar-refractivity contribution in [3.05, 3.63) is 70.7 Å². The number of hydrogen-bond donors (Lipinski definition) is 1. The highest BCUT2D eigenvalue weighted by Crippen LogP contribution is 2.16. The van der Waals surface area contributed by atoms with Crippen LogP contribution in [0, 0.1) is 0 Å². The largest absolute Gasteiger partial charge is 0.310 e. The Morgan fingerprint density at radius 1 is 1.00 bits per heavy atom. The maximum absolute atomic E-state index is 5.89. The average molecular weight is 274 g/mol. The molecule has 1 nitrogen and oxygen atoms in total. The van der Waals surface area contributed by atoms with Crippen molar-refractivity contribution in [2.45, 2.75) is 25.8 Å². The zero-order valence-corrected chi connectivity index (χ0v) is 12.0. The van der Waals surface area contributed by atoms with Gasteiger partial charge in [-0.25, -0.2) is 0 Å². The van der Waals surface area contributed by atoms with E-state index in [1.807, 2.05) is 12.1 Å². The van der Waals surface area contributed by atoms with E-state index < -0.39 is 0 Å². The standard InChI is InChI=1S/C17H20ClN/c1-14(16-9-11-17(18)12-10-16)19-13-5-8-15-6-3-2-4-7-15/h2-4,6-7,9-12,14,19H,5,8,13H2,1H3/t14-/m1/s1. The van der Waals surface area contributed by atoms with Gasteiger partial charge in [-0.2, -0.15) is 0 Å². The molecule has 2 rings (SSSR count). The summed E-state index contributed by atoms with van der Waals surface area (Å²) in [6.07, 6.45) is 2.28. The van der Waals surface area contributed by atoms with Crippen molar-refractivity contribution in [1.29, 1.82) is 0 Å². The van der Waals surface area contributed by atoms with E-state index in [-0.39, 0.29) is 0 Å². The molecule has 1 N–H and O–H groups in total. The highest BCUT2D eigenvalue weighted by Gasteiger charge is 2.03. The van der Waals surface area contributed by atoms with Crippen LogP contribution >= 0.6 is 11.6 Å². The highest BCUT2D eigenvalue weighted by molar-refractivity contribution is 6.30. The Hall–Kier alpha value is -1.31. The summed E-state index contributed by atoms with van der Waals surface area (Å²) < 4.78 is 0. The summed E-state index contributed by atoms with van der Waals surface area (Å²) in [6.45, 7) is 3.21. The Labute approximate surface area is 120 Å². The highest BCUT2D eigenvalue weighted by atomic mass is 35.5. The molecule has 0 aliphatic rings. The molecule has 0 heterocycles. The lowest BCUT2D eigenvalue weighted by atomic mass is 10.1. The molecule has 0 unspecified atom stereocenters. The third kappa shape index (κ3) is 4.70. The maximum Gasteiger partial charge on any atom is 0.0406 e. The molecule has 0 aliphatic carbocycles. The lowest BCUT2D eigenvalue weighted by Gasteiger charge is -2.14. The maximum atomic E-state index is 5.89. The summed E-state index contributed by atoms with van der Waals surface area (Å²) >= 11 is 5.89. The molecule has 0 saturated carbocycles. The fraction of sp³-hybridized carbons (Fsp3) is 0.294. The second kappa shape index (κ2) is 7.32. The van der Waals surface area contributed by atoms with Gasteiger partial charge in [-0.1, -0.05) is 54.1 Å². The number of aryl methyl sites for hydroxylation is 1. The summed E-state index contributed by atoms with van der Waals surface area (Å²) in [5, 5.41) is 4.34. The van der Waals surface area contributed by atoms with Crippen LogP contribution in [0.3, 0.4) is 0 Å². The molecule has 2 heteroatoms. The van der Waals surface area contributed by atoms with Gasteiger partial charge in [0.15, 0.2) is 0 Å². The van der Waals surface area contributed by atoms with Gasteiger partial charge in [-0.05, 0) is 49.6 Å². The molecule has 0 saturated heterocycles. The predicted octanol–water partition coefficient (Wildman–Crippen LogP) is 4.62. The first-order chi connectivity index (χ1) is 9.25. The third-order valence-corrected chi connectivity index (χ3v) is 3.56. The number of halogens is 1. The molecule has 2 aromatic rings. The van der Waals surface area contributed by atoms with Gasteiger partial charge >= 0.3 is 0 Å². The van der Waals surface area contributed by atoms with Crippen molar-refractivity contribution in [3.8, 4) is 0 Å². The number of rotatable bonds is 6. The van der Waals surface area contributed by atoms with Crippen molar-refractivity contribution in [3.63, 3.8) is 0 Å². The van der Waals surface area contributed by atoms with Crippen LogP contribution in [0.4, 0.5) is 0 Å². The van der Waals surface area contributed by atoms with Gasteiger partial charge in [-0.15, -0.1) is 0 Å². The topological polar surface area (TPSA) is 12.0 Å². The van der Waals surface area contributed by atoms with E-state index >= 15 is 0 Å². The number of nitrogens with one attached hydrogen (secondary N) is 1. The minimum absolute atomic E-state index is 0.369. The Bertz CT molecular complexity index is 478. The monoisotopic (exact) mass is 273 g/mol. The minimum atomic E-state index is 0.369. The van der Waals surface area contributed by atoms with E-state index in [0.717, 1.165) is 24.4 Å². The Morgan fingerprint density at radius 3 is 2.37 bits per heavy atom. The smallest absolute Gasteiger partial charge is 0.0406 e. The Kier molecular flexibility index (Phi) is 5.44. The van der Waals surface area contributed by atoms with Crippen molar-refractivity contribution >= 4 is 11.6 Å². The van der Waals surface area contributed by atoms with Crippen LogP contribution in [0.25, 0.3) is 0 Å². The summed E-state index contributed by atoms with van der Waals surface area (Å²) in [5.41, 5.74) is 2.69. The van der Waals surface area contributed by atoms with Gasteiger partial charge in [0.2, 0.25) is 0 Å². The lowest BCUT2D eigenvalue weighted by Crippen LogP contribution is -2.20. The van der Waals surface area contributed by atoms with Gasteiger partial charge in [-0.3, -0.25) is 0 Å². The van der Waals surface area contributed by atoms with E-state index in [2.05, 4.69) is 54.7 Å². The van der Waals surface area contributed by atoms with Crippen LogP contribution in [-0.4, -0.2) is 6.54 Å². The summed E-state index contributed by atoms with van der Waals surface area (Å²) in [7, 11) is 0. The van der Waals surface area contributed by atoms with Gasteiger partial charge < -0.3 is 5.32 Å². The molecule has 19 heavy (non-hydrogen) atoms. The summed E-state index contributed by atoms with van der Waals surface area (Å²) in [4.78, 5) is 0. The van der Waals surface area contributed by atoms with Crippen LogP contribution in [-0.2, 0) is 6.42 Å². The van der Waals surface area contributed by atoms with Crippen molar-refractivity contribution in [1.82, 2.24) is 5.32 Å². The molecule has 0 amide bonds. The molecule has 1 atom stereocenters. The third-order valence-electron chi connectivity index (χ3n) is 3.31. The number of hydrogen-bond acceptors (Lipinski definition) is 1. The van der Waals surface area contributed by atoms with E-state index in [0.29, 0.717) is 6.04 Å². The molecule has 100 valence electrons. The Morgan fingerprint density at radius 2 is 1.68 bits per heavy atom. The van der Waals surface area contributed by atoms with Crippen LogP contribution in [0.1, 0.15) is 30.5 Å². The number of benzene rings is 2. The summed E-state index contributed by atoms with van der Waals surface area (Å²) in [5.74, 6) is 0. The van der Waals surface area contributed by atoms with E-state index in [4.69, 9.17) is 11.6 Å². The van der Waals surface area contributed by atoms with Crippen molar-refractivity contribution in [2.75, 3.05) is 6.54 Å². The Balaban J connectivity index is 1.72. The molecule has 2 aromatic carbocycles. The summed E-state index contributed by atoms with van der Waals surface area (Å²) in [6, 6.07) is 19.0.